The van der Waals surface area contributed by atoms with Gasteiger partial charge >= 0.3 is 0 Å². The van der Waals surface area contributed by atoms with E-state index in [2.05, 4.69) is 69.6 Å². The molecule has 1 unspecified atom stereocenters. The number of hydrogen-bond donors (Lipinski definition) is 3. The maximum Gasteiger partial charge on any atom is 0.225 e. The third-order valence-electron chi connectivity index (χ3n) is 5.20. The van der Waals surface area contributed by atoms with E-state index in [0.717, 1.165) is 48.1 Å². The van der Waals surface area contributed by atoms with E-state index in [4.69, 9.17) is 4.74 Å². The highest BCUT2D eigenvalue weighted by Gasteiger charge is 2.29. The fraction of sp³-hybridized carbons (Fsp3) is 0.474. The summed E-state index contributed by atoms with van der Waals surface area (Å²) in [5.41, 5.74) is 0.651. The second-order valence-electron chi connectivity index (χ2n) is 7.76. The van der Waals surface area contributed by atoms with Gasteiger partial charge in [0.15, 0.2) is 5.82 Å². The Balaban J connectivity index is 1.30. The molecule has 3 N–H and O–H groups in total. The van der Waals surface area contributed by atoms with Crippen molar-refractivity contribution in [3.8, 4) is 0 Å². The van der Waals surface area contributed by atoms with Gasteiger partial charge in [0.05, 0.1) is 28.9 Å². The van der Waals surface area contributed by atoms with Gasteiger partial charge in [0.25, 0.3) is 0 Å². The molecule has 0 radical (unpaired) electrons. The Bertz CT molecular complexity index is 963. The fourth-order valence-electron chi connectivity index (χ4n) is 3.45. The van der Waals surface area contributed by atoms with Crippen LogP contribution in [0.1, 0.15) is 31.4 Å². The van der Waals surface area contributed by atoms with Crippen molar-refractivity contribution >= 4 is 39.7 Å². The Kier molecular flexibility index (Phi) is 4.75. The third kappa shape index (κ3) is 4.13. The Labute approximate surface area is 177 Å². The first-order valence-corrected chi connectivity index (χ1v) is 10.6. The molecule has 5 rings (SSSR count). The molecule has 2 fully saturated rings. The van der Waals surface area contributed by atoms with Gasteiger partial charge in [0.1, 0.15) is 11.6 Å². The second kappa shape index (κ2) is 7.42. The average Bonchev–Trinajstić information content (AvgIpc) is 3.35. The molecule has 0 bridgehead atoms. The molecule has 152 valence electrons. The number of rotatable bonds is 6. The van der Waals surface area contributed by atoms with Crippen LogP contribution in [0.5, 0.6) is 0 Å². The van der Waals surface area contributed by atoms with Crippen molar-refractivity contribution in [2.75, 3.05) is 36.9 Å². The standard InChI is InChI=1S/C19H23BrN8O/c1-19(9-16(22-11-19)28-4-6-29-7-5-28)25-18-21-10-13(20)17(24-18)23-15-8-14(26-27-15)12-2-3-12/h8-12H,2-7H2,1H3,(H3,21,23,24,25,26,27). The summed E-state index contributed by atoms with van der Waals surface area (Å²) in [4.78, 5) is 15.9. The summed E-state index contributed by atoms with van der Waals surface area (Å²) in [5.74, 6) is 3.57. The SMILES string of the molecule is CC1(Nc2ncc(Br)c(Nc3cc(C4CC4)n[nH]3)n2)C=NC(N2CCOCC2)=C1. The number of nitrogens with one attached hydrogen (secondary N) is 3. The van der Waals surface area contributed by atoms with Crippen molar-refractivity contribution < 1.29 is 4.74 Å². The molecule has 2 aliphatic heterocycles. The predicted octanol–water partition coefficient (Wildman–Crippen LogP) is 3.01. The smallest absolute Gasteiger partial charge is 0.225 e. The summed E-state index contributed by atoms with van der Waals surface area (Å²) in [5, 5.41) is 14.1. The lowest BCUT2D eigenvalue weighted by Gasteiger charge is -2.28. The van der Waals surface area contributed by atoms with Crippen molar-refractivity contribution in [2.24, 2.45) is 4.99 Å². The van der Waals surface area contributed by atoms with Gasteiger partial charge in [0, 0.05) is 37.5 Å². The first-order chi connectivity index (χ1) is 14.1. The van der Waals surface area contributed by atoms with Gasteiger partial charge in [-0.3, -0.25) is 5.10 Å². The molecule has 0 amide bonds. The van der Waals surface area contributed by atoms with Crippen molar-refractivity contribution in [3.63, 3.8) is 0 Å². The molecule has 0 spiro atoms. The number of anilines is 3. The van der Waals surface area contributed by atoms with Crippen LogP contribution in [-0.4, -0.2) is 63.1 Å². The largest absolute Gasteiger partial charge is 0.378 e. The van der Waals surface area contributed by atoms with Crippen LogP contribution >= 0.6 is 15.9 Å². The lowest BCUT2D eigenvalue weighted by atomic mass is 10.1. The van der Waals surface area contributed by atoms with Gasteiger partial charge in [-0.25, -0.2) is 9.98 Å². The van der Waals surface area contributed by atoms with Gasteiger partial charge in [0.2, 0.25) is 5.95 Å². The number of ether oxygens (including phenoxy) is 1. The molecule has 1 atom stereocenters. The van der Waals surface area contributed by atoms with Crippen molar-refractivity contribution in [3.05, 3.63) is 34.3 Å². The first-order valence-electron chi connectivity index (χ1n) is 9.82. The van der Waals surface area contributed by atoms with Crippen LogP contribution < -0.4 is 10.6 Å². The second-order valence-corrected chi connectivity index (χ2v) is 8.62. The summed E-state index contributed by atoms with van der Waals surface area (Å²) in [7, 11) is 0. The van der Waals surface area contributed by atoms with Crippen LogP contribution in [-0.2, 0) is 4.74 Å². The highest BCUT2D eigenvalue weighted by Crippen LogP contribution is 2.39. The van der Waals surface area contributed by atoms with Gasteiger partial charge < -0.3 is 20.3 Å². The summed E-state index contributed by atoms with van der Waals surface area (Å²) in [6.45, 7) is 5.24. The Morgan fingerprint density at radius 3 is 2.93 bits per heavy atom. The summed E-state index contributed by atoms with van der Waals surface area (Å²) in [6, 6.07) is 2.04. The van der Waals surface area contributed by atoms with E-state index < -0.39 is 5.54 Å². The van der Waals surface area contributed by atoms with Gasteiger partial charge in [-0.2, -0.15) is 10.1 Å². The molecular weight excluding hydrogens is 436 g/mol. The number of hydrogen-bond acceptors (Lipinski definition) is 8. The van der Waals surface area contributed by atoms with Gasteiger partial charge in [-0.1, -0.05) is 0 Å². The van der Waals surface area contributed by atoms with Crippen LogP contribution in [0.25, 0.3) is 0 Å². The normalized spacial score (nSPS) is 23.9. The average molecular weight is 459 g/mol. The Hall–Kier alpha value is -2.46. The maximum atomic E-state index is 5.42. The minimum atomic E-state index is -0.453. The van der Waals surface area contributed by atoms with Crippen molar-refractivity contribution in [1.29, 1.82) is 0 Å². The number of H-pyrrole nitrogens is 1. The Morgan fingerprint density at radius 1 is 1.31 bits per heavy atom. The van der Waals surface area contributed by atoms with Crippen LogP contribution in [0.4, 0.5) is 17.6 Å². The number of aromatic amines is 1. The number of morpholine rings is 1. The number of aromatic nitrogens is 4. The molecule has 1 saturated carbocycles. The lowest BCUT2D eigenvalue weighted by Crippen LogP contribution is -2.36. The molecule has 10 heteroatoms. The molecule has 1 aliphatic carbocycles. The Morgan fingerprint density at radius 2 is 2.14 bits per heavy atom. The molecule has 1 saturated heterocycles. The molecule has 0 aromatic carbocycles. The first kappa shape index (κ1) is 18.6. The zero-order chi connectivity index (χ0) is 19.8. The van der Waals surface area contributed by atoms with E-state index in [1.807, 2.05) is 12.3 Å². The van der Waals surface area contributed by atoms with Crippen LogP contribution in [0.3, 0.4) is 0 Å². The zero-order valence-electron chi connectivity index (χ0n) is 16.2. The molecule has 9 nitrogen and oxygen atoms in total. The number of nitrogens with zero attached hydrogens (tertiary/aromatic N) is 5. The molecule has 2 aromatic heterocycles. The maximum absolute atomic E-state index is 5.42. The highest BCUT2D eigenvalue weighted by atomic mass is 79.9. The number of aliphatic imine (C=N–C) groups is 1. The van der Waals surface area contributed by atoms with Crippen molar-refractivity contribution in [2.45, 2.75) is 31.2 Å². The molecule has 3 aliphatic rings. The summed E-state index contributed by atoms with van der Waals surface area (Å²) >= 11 is 3.52. The molecular formula is C19H23BrN8O. The van der Waals surface area contributed by atoms with E-state index >= 15 is 0 Å². The van der Waals surface area contributed by atoms with E-state index in [0.29, 0.717) is 17.7 Å². The fourth-order valence-corrected chi connectivity index (χ4v) is 3.74. The van der Waals surface area contributed by atoms with Gasteiger partial charge in [-0.15, -0.1) is 0 Å². The summed E-state index contributed by atoms with van der Waals surface area (Å²) in [6.07, 6.45) is 8.17. The topological polar surface area (TPSA) is 103 Å². The van der Waals surface area contributed by atoms with E-state index in [1.54, 1.807) is 6.20 Å². The minimum Gasteiger partial charge on any atom is -0.378 e. The summed E-state index contributed by atoms with van der Waals surface area (Å²) < 4.78 is 6.20. The van der Waals surface area contributed by atoms with E-state index in [1.165, 1.54) is 12.8 Å². The monoisotopic (exact) mass is 458 g/mol. The van der Waals surface area contributed by atoms with Crippen LogP contribution in [0.15, 0.2) is 33.6 Å². The third-order valence-corrected chi connectivity index (χ3v) is 5.78. The minimum absolute atomic E-state index is 0.453. The van der Waals surface area contributed by atoms with E-state index in [-0.39, 0.29) is 0 Å². The molecule has 29 heavy (non-hydrogen) atoms. The zero-order valence-corrected chi connectivity index (χ0v) is 17.7. The van der Waals surface area contributed by atoms with E-state index in [9.17, 15) is 0 Å². The van der Waals surface area contributed by atoms with Crippen LogP contribution in [0, 0.1) is 0 Å². The predicted molar refractivity (Wildman–Crippen MR) is 115 cm³/mol. The number of halogens is 1. The van der Waals surface area contributed by atoms with Gasteiger partial charge in [-0.05, 0) is 41.8 Å². The molecule has 4 heterocycles. The van der Waals surface area contributed by atoms with Crippen molar-refractivity contribution in [1.82, 2.24) is 25.1 Å². The van der Waals surface area contributed by atoms with Crippen LogP contribution in [0.2, 0.25) is 0 Å². The molecule has 2 aromatic rings. The highest BCUT2D eigenvalue weighted by molar-refractivity contribution is 9.10. The quantitative estimate of drug-likeness (QED) is 0.610. The lowest BCUT2D eigenvalue weighted by molar-refractivity contribution is 0.0532.